The van der Waals surface area contributed by atoms with Crippen molar-refractivity contribution < 1.29 is 9.90 Å². The zero-order valence-corrected chi connectivity index (χ0v) is 12.8. The number of hydrogen-bond donors (Lipinski definition) is 2. The topological polar surface area (TPSA) is 49.3 Å². The lowest BCUT2D eigenvalue weighted by atomic mass is 9.80. The largest absolute Gasteiger partial charge is 0.388 e. The molecule has 0 aromatic heterocycles. The molecule has 19 heavy (non-hydrogen) atoms. The Morgan fingerprint density at radius 2 is 2.11 bits per heavy atom. The van der Waals surface area contributed by atoms with Gasteiger partial charge < -0.3 is 10.4 Å². The lowest BCUT2D eigenvalue weighted by Gasteiger charge is -2.36. The maximum Gasteiger partial charge on any atom is 0.252 e. The molecule has 0 saturated heterocycles. The van der Waals surface area contributed by atoms with Crippen LogP contribution in [0.4, 0.5) is 0 Å². The van der Waals surface area contributed by atoms with Crippen molar-refractivity contribution in [2.24, 2.45) is 0 Å². The van der Waals surface area contributed by atoms with Gasteiger partial charge in [0.1, 0.15) is 0 Å². The Hall–Kier alpha value is -0.420. The first-order chi connectivity index (χ1) is 8.95. The molecule has 0 spiro atoms. The van der Waals surface area contributed by atoms with Crippen LogP contribution in [0, 0.1) is 0 Å². The Labute approximate surface area is 126 Å². The van der Waals surface area contributed by atoms with Crippen LogP contribution >= 0.6 is 35.0 Å². The van der Waals surface area contributed by atoms with Gasteiger partial charge in [-0.15, -0.1) is 11.8 Å². The monoisotopic (exact) mass is 319 g/mol. The minimum atomic E-state index is -0.739. The molecule has 1 aliphatic rings. The number of halogens is 2. The number of nitrogens with one attached hydrogen (secondary N) is 1. The Morgan fingerprint density at radius 3 is 2.63 bits per heavy atom. The molecule has 1 amide bonds. The zero-order chi connectivity index (χ0) is 14.0. The Kier molecular flexibility index (Phi) is 4.66. The molecule has 1 aromatic rings. The molecule has 0 atom stereocenters. The predicted octanol–water partition coefficient (Wildman–Crippen LogP) is 3.36. The smallest absolute Gasteiger partial charge is 0.252 e. The lowest BCUT2D eigenvalue weighted by Crippen LogP contribution is -2.47. The molecule has 3 nitrogen and oxygen atoms in total. The van der Waals surface area contributed by atoms with Crippen LogP contribution in [0.25, 0.3) is 0 Å². The summed E-state index contributed by atoms with van der Waals surface area (Å²) in [5, 5.41) is 13.5. The molecule has 104 valence electrons. The fourth-order valence-electron chi connectivity index (χ4n) is 1.96. The van der Waals surface area contributed by atoms with Gasteiger partial charge in [0.05, 0.1) is 21.2 Å². The third-order valence-electron chi connectivity index (χ3n) is 3.35. The van der Waals surface area contributed by atoms with E-state index >= 15 is 0 Å². The molecule has 6 heteroatoms. The maximum atomic E-state index is 12.1. The van der Waals surface area contributed by atoms with Crippen LogP contribution in [0.5, 0.6) is 0 Å². The molecular formula is C13H15Cl2NO2S. The van der Waals surface area contributed by atoms with Crippen molar-refractivity contribution in [3.8, 4) is 0 Å². The lowest BCUT2D eigenvalue weighted by molar-refractivity contribution is -0.0300. The molecule has 1 aromatic carbocycles. The summed E-state index contributed by atoms with van der Waals surface area (Å²) in [6.45, 7) is 0.263. The standard InChI is InChI=1S/C13H15Cl2NO2S/c1-19-11-5-8(9(14)6-10(11)15)12(17)16-7-13(18)3-2-4-13/h5-6,18H,2-4,7H2,1H3,(H,16,17). The maximum absolute atomic E-state index is 12.1. The Morgan fingerprint density at radius 1 is 1.42 bits per heavy atom. The van der Waals surface area contributed by atoms with Gasteiger partial charge in [-0.2, -0.15) is 0 Å². The van der Waals surface area contributed by atoms with E-state index in [9.17, 15) is 9.90 Å². The number of aliphatic hydroxyl groups is 1. The van der Waals surface area contributed by atoms with Gasteiger partial charge >= 0.3 is 0 Å². The van der Waals surface area contributed by atoms with Crippen molar-refractivity contribution in [3.05, 3.63) is 27.7 Å². The van der Waals surface area contributed by atoms with Gasteiger partial charge in [-0.1, -0.05) is 23.2 Å². The fraction of sp³-hybridized carbons (Fsp3) is 0.462. The highest BCUT2D eigenvalue weighted by Gasteiger charge is 2.34. The number of amides is 1. The van der Waals surface area contributed by atoms with Crippen LogP contribution in [-0.2, 0) is 0 Å². The van der Waals surface area contributed by atoms with Gasteiger partial charge in [0.2, 0.25) is 0 Å². The van der Waals surface area contributed by atoms with Gasteiger partial charge in [-0.05, 0) is 37.7 Å². The van der Waals surface area contributed by atoms with E-state index in [2.05, 4.69) is 5.32 Å². The molecule has 1 aliphatic carbocycles. The van der Waals surface area contributed by atoms with E-state index in [0.717, 1.165) is 24.2 Å². The van der Waals surface area contributed by atoms with E-state index in [0.29, 0.717) is 15.6 Å². The Balaban J connectivity index is 2.10. The molecule has 0 heterocycles. The van der Waals surface area contributed by atoms with Crippen molar-refractivity contribution in [3.63, 3.8) is 0 Å². The van der Waals surface area contributed by atoms with E-state index in [1.807, 2.05) is 6.26 Å². The quantitative estimate of drug-likeness (QED) is 0.837. The minimum absolute atomic E-state index is 0.263. The van der Waals surface area contributed by atoms with Crippen LogP contribution < -0.4 is 5.32 Å². The molecule has 2 rings (SSSR count). The third-order valence-corrected chi connectivity index (χ3v) is 4.86. The number of thioether (sulfide) groups is 1. The molecule has 1 saturated carbocycles. The van der Waals surface area contributed by atoms with Gasteiger partial charge in [0.15, 0.2) is 0 Å². The molecule has 0 bridgehead atoms. The molecule has 0 radical (unpaired) electrons. The second-order valence-corrected chi connectivity index (χ2v) is 6.39. The summed E-state index contributed by atoms with van der Waals surface area (Å²) in [6, 6.07) is 3.25. The molecule has 2 N–H and O–H groups in total. The van der Waals surface area contributed by atoms with Gasteiger partial charge in [0, 0.05) is 11.4 Å². The summed E-state index contributed by atoms with van der Waals surface area (Å²) in [4.78, 5) is 12.9. The number of carbonyl (C=O) groups excluding carboxylic acids is 1. The third kappa shape index (κ3) is 3.37. The first kappa shape index (κ1) is 15.0. The fourth-order valence-corrected chi connectivity index (χ4v) is 3.15. The normalized spacial score (nSPS) is 16.8. The van der Waals surface area contributed by atoms with Gasteiger partial charge in [-0.3, -0.25) is 4.79 Å². The van der Waals surface area contributed by atoms with Crippen molar-refractivity contribution in [1.82, 2.24) is 5.32 Å². The van der Waals surface area contributed by atoms with E-state index in [4.69, 9.17) is 23.2 Å². The van der Waals surface area contributed by atoms with Crippen molar-refractivity contribution in [2.75, 3.05) is 12.8 Å². The summed E-state index contributed by atoms with van der Waals surface area (Å²) in [5.74, 6) is -0.280. The summed E-state index contributed by atoms with van der Waals surface area (Å²) < 4.78 is 0. The highest BCUT2D eigenvalue weighted by Crippen LogP contribution is 2.32. The average molecular weight is 320 g/mol. The van der Waals surface area contributed by atoms with Crippen molar-refractivity contribution >= 4 is 40.9 Å². The molecule has 0 aliphatic heterocycles. The van der Waals surface area contributed by atoms with Gasteiger partial charge in [0.25, 0.3) is 5.91 Å². The van der Waals surface area contributed by atoms with Crippen LogP contribution in [-0.4, -0.2) is 29.4 Å². The van der Waals surface area contributed by atoms with E-state index < -0.39 is 5.60 Å². The Bertz CT molecular complexity index is 504. The van der Waals surface area contributed by atoms with Crippen molar-refractivity contribution in [2.45, 2.75) is 29.8 Å². The summed E-state index contributed by atoms with van der Waals surface area (Å²) >= 11 is 13.5. The summed E-state index contributed by atoms with van der Waals surface area (Å²) in [7, 11) is 0. The molecule has 0 unspecified atom stereocenters. The molecular weight excluding hydrogens is 305 g/mol. The van der Waals surface area contributed by atoms with E-state index in [1.54, 1.807) is 12.1 Å². The predicted molar refractivity (Wildman–Crippen MR) is 79.4 cm³/mol. The highest BCUT2D eigenvalue weighted by atomic mass is 35.5. The van der Waals surface area contributed by atoms with Crippen LogP contribution in [0.15, 0.2) is 17.0 Å². The van der Waals surface area contributed by atoms with Crippen molar-refractivity contribution in [1.29, 1.82) is 0 Å². The number of hydrogen-bond acceptors (Lipinski definition) is 3. The first-order valence-electron chi connectivity index (χ1n) is 5.99. The second kappa shape index (κ2) is 5.92. The number of carbonyl (C=O) groups is 1. The van der Waals surface area contributed by atoms with E-state index in [-0.39, 0.29) is 12.5 Å². The van der Waals surface area contributed by atoms with Crippen LogP contribution in [0.3, 0.4) is 0 Å². The highest BCUT2D eigenvalue weighted by molar-refractivity contribution is 7.98. The minimum Gasteiger partial charge on any atom is -0.388 e. The van der Waals surface area contributed by atoms with Gasteiger partial charge in [-0.25, -0.2) is 0 Å². The van der Waals surface area contributed by atoms with Crippen LogP contribution in [0.1, 0.15) is 29.6 Å². The number of benzene rings is 1. The SMILES string of the molecule is CSc1cc(C(=O)NCC2(O)CCC2)c(Cl)cc1Cl. The average Bonchev–Trinajstić information content (AvgIpc) is 2.34. The summed E-state index contributed by atoms with van der Waals surface area (Å²) in [6.07, 6.45) is 4.36. The van der Waals surface area contributed by atoms with Crippen LogP contribution in [0.2, 0.25) is 10.0 Å². The second-order valence-electron chi connectivity index (χ2n) is 4.73. The zero-order valence-electron chi connectivity index (χ0n) is 10.5. The first-order valence-corrected chi connectivity index (χ1v) is 7.97. The molecule has 1 fully saturated rings. The number of rotatable bonds is 4. The van der Waals surface area contributed by atoms with E-state index in [1.165, 1.54) is 11.8 Å². The summed E-state index contributed by atoms with van der Waals surface area (Å²) in [5.41, 5.74) is -0.352.